The lowest BCUT2D eigenvalue weighted by molar-refractivity contribution is -0.367. The van der Waals surface area contributed by atoms with Crippen LogP contribution in [0.15, 0.2) is 0 Å². The molecule has 0 bridgehead atoms. The summed E-state index contributed by atoms with van der Waals surface area (Å²) in [6.45, 7) is 2.34. The molecule has 0 radical (unpaired) electrons. The topological polar surface area (TPSA) is 332 Å². The van der Waals surface area contributed by atoms with Crippen molar-refractivity contribution < 1.29 is 98.5 Å². The van der Waals surface area contributed by atoms with Gasteiger partial charge in [0, 0.05) is 0 Å². The Morgan fingerprint density at radius 2 is 1.12 bits per heavy atom. The van der Waals surface area contributed by atoms with E-state index < -0.39 is 119 Å². The fraction of sp³-hybridized carbons (Fsp3) is 0.944. The molecule has 3 rings (SSSR count). The molecule has 3 fully saturated rings. The Morgan fingerprint density at radius 1 is 0.610 bits per heavy atom. The lowest BCUT2D eigenvalue weighted by Crippen LogP contribution is -2.66. The van der Waals surface area contributed by atoms with Gasteiger partial charge in [0.25, 0.3) is 0 Å². The molecule has 21 nitrogen and oxygen atoms in total. The average molecular weight is 647 g/mol. The molecule has 23 heteroatoms. The van der Waals surface area contributed by atoms with Crippen LogP contribution >= 0.6 is 0 Å². The van der Waals surface area contributed by atoms with Gasteiger partial charge in [-0.25, -0.2) is 13.2 Å². The normalized spacial score (nSPS) is 46.2. The van der Waals surface area contributed by atoms with E-state index in [9.17, 15) is 57.4 Å². The number of aliphatic carboxylic acids is 1. The second-order valence-electron chi connectivity index (χ2n) is 9.34. The molecule has 240 valence electrons. The minimum Gasteiger partial charge on any atom is -0.479 e. The fourth-order valence-corrected chi connectivity index (χ4v) is 5.43. The Morgan fingerprint density at radius 3 is 1.66 bits per heavy atom. The van der Waals surface area contributed by atoms with Crippen LogP contribution in [0.5, 0.6) is 0 Å². The van der Waals surface area contributed by atoms with Crippen LogP contribution < -0.4 is 0 Å². The van der Waals surface area contributed by atoms with Gasteiger partial charge in [0.05, 0.1) is 12.2 Å². The van der Waals surface area contributed by atoms with Gasteiger partial charge in [0.15, 0.2) is 25.0 Å². The molecule has 0 aromatic rings. The number of carbonyl (C=O) groups is 1. The van der Waals surface area contributed by atoms with E-state index in [4.69, 9.17) is 32.8 Å². The van der Waals surface area contributed by atoms with Crippen molar-refractivity contribution in [2.24, 2.45) is 0 Å². The van der Waals surface area contributed by atoms with Gasteiger partial charge in [-0.2, -0.15) is 16.8 Å². The van der Waals surface area contributed by atoms with Crippen molar-refractivity contribution in [3.63, 3.8) is 0 Å². The summed E-state index contributed by atoms with van der Waals surface area (Å²) in [6, 6.07) is 0. The van der Waals surface area contributed by atoms with E-state index in [0.29, 0.717) is 0 Å². The van der Waals surface area contributed by atoms with Crippen LogP contribution in [-0.4, -0.2) is 160 Å². The minimum atomic E-state index is -5.27. The number of carboxylic acid groups (broad SMARTS) is 1. The third-order valence-corrected chi connectivity index (χ3v) is 7.32. The molecule has 9 N–H and O–H groups in total. The average Bonchev–Trinajstić information content (AvgIpc) is 2.83. The number of ether oxygens (including phenoxy) is 5. The van der Waals surface area contributed by atoms with Crippen molar-refractivity contribution >= 4 is 26.8 Å². The second-order valence-corrected chi connectivity index (χ2v) is 11.4. The number of hydrogen-bond acceptors (Lipinski definition) is 18. The summed E-state index contributed by atoms with van der Waals surface area (Å²) < 4.78 is 97.5. The van der Waals surface area contributed by atoms with Crippen LogP contribution in [0, 0.1) is 0 Å². The SMILES string of the molecule is C[C@@H]1O[C@@H](O[C@H]2[C@H](O)[C@@H](O)[C@H](O[C@@H]3[C@@H](OS(=O)(=O)O)[C@@H](O)C(O)O[C@H]3C)O[C@@H]2C(=O)O)[C@H](O)[C@H](OS(=O)(=O)O)[C@H]1O. The van der Waals surface area contributed by atoms with Crippen molar-refractivity contribution in [1.29, 1.82) is 0 Å². The minimum absolute atomic E-state index is 1.16. The molecule has 41 heavy (non-hydrogen) atoms. The summed E-state index contributed by atoms with van der Waals surface area (Å²) in [5.74, 6) is -1.85. The van der Waals surface area contributed by atoms with Crippen LogP contribution in [0.25, 0.3) is 0 Å². The molecule has 0 aromatic heterocycles. The molecular weight excluding hydrogens is 616 g/mol. The number of aliphatic hydroxyl groups excluding tert-OH is 6. The van der Waals surface area contributed by atoms with Gasteiger partial charge >= 0.3 is 26.8 Å². The van der Waals surface area contributed by atoms with E-state index >= 15 is 0 Å². The highest BCUT2D eigenvalue weighted by Gasteiger charge is 2.55. The van der Waals surface area contributed by atoms with Crippen LogP contribution in [0.1, 0.15) is 13.8 Å². The third kappa shape index (κ3) is 8.03. The molecule has 0 aliphatic carbocycles. The maximum atomic E-state index is 12.0. The lowest BCUT2D eigenvalue weighted by atomic mass is 9.96. The van der Waals surface area contributed by atoms with Crippen LogP contribution in [-0.2, 0) is 57.6 Å². The van der Waals surface area contributed by atoms with E-state index in [1.807, 2.05) is 0 Å². The summed E-state index contributed by atoms with van der Waals surface area (Å²) >= 11 is 0. The molecule has 0 aromatic carbocycles. The van der Waals surface area contributed by atoms with Crippen molar-refractivity contribution in [2.45, 2.75) is 106 Å². The molecule has 3 aliphatic heterocycles. The first-order chi connectivity index (χ1) is 18.7. The van der Waals surface area contributed by atoms with E-state index in [1.165, 1.54) is 6.92 Å². The van der Waals surface area contributed by atoms with E-state index in [2.05, 4.69) is 8.37 Å². The van der Waals surface area contributed by atoms with Crippen molar-refractivity contribution in [3.8, 4) is 0 Å². The number of hydrogen-bond donors (Lipinski definition) is 9. The van der Waals surface area contributed by atoms with Gasteiger partial charge in [0.2, 0.25) is 0 Å². The first-order valence-corrected chi connectivity index (χ1v) is 14.3. The quantitative estimate of drug-likeness (QED) is 0.105. The first-order valence-electron chi connectivity index (χ1n) is 11.6. The predicted octanol–water partition coefficient (Wildman–Crippen LogP) is -5.77. The lowest BCUT2D eigenvalue weighted by Gasteiger charge is -2.47. The van der Waals surface area contributed by atoms with Gasteiger partial charge < -0.3 is 59.4 Å². The standard InChI is InChI=1S/C18H30O21S2/c1-3-5(19)11(38-40(27,28)29)9(23)18(34-3)36-12-6(20)7(21)17(37-14(12)15(24)25)35-10-4(2)33-16(26)8(22)13(10)39-41(30,31)32/h3-14,16-23,26H,1-2H3,(H,24,25)(H,27,28,29)(H,30,31,32)/t3-,4-,5-,6+,7+,8+,9+,10-,11+,12-,13-,14-,16?,17+,18-/m0/s1. The first kappa shape index (κ1) is 34.3. The molecular formula is C18H30O21S2. The number of rotatable bonds is 9. The Kier molecular flexibility index (Phi) is 10.7. The Labute approximate surface area is 231 Å². The largest absolute Gasteiger partial charge is 0.479 e. The zero-order valence-corrected chi connectivity index (χ0v) is 22.5. The zero-order chi connectivity index (χ0) is 31.2. The summed E-state index contributed by atoms with van der Waals surface area (Å²) in [5, 5.41) is 71.5. The highest BCUT2D eigenvalue weighted by molar-refractivity contribution is 7.81. The summed E-state index contributed by atoms with van der Waals surface area (Å²) in [7, 11) is -10.5. The maximum Gasteiger partial charge on any atom is 0.397 e. The molecule has 0 saturated carbocycles. The monoisotopic (exact) mass is 646 g/mol. The maximum absolute atomic E-state index is 12.0. The molecule has 3 heterocycles. The molecule has 15 atom stereocenters. The van der Waals surface area contributed by atoms with Gasteiger partial charge in [-0.1, -0.05) is 0 Å². The molecule has 3 saturated heterocycles. The zero-order valence-electron chi connectivity index (χ0n) is 20.9. The van der Waals surface area contributed by atoms with Gasteiger partial charge in [-0.3, -0.25) is 9.11 Å². The van der Waals surface area contributed by atoms with Crippen molar-refractivity contribution in [3.05, 3.63) is 0 Å². The Hall–Kier alpha value is -1.23. The fourth-order valence-electron chi connectivity index (χ4n) is 4.41. The van der Waals surface area contributed by atoms with E-state index in [0.717, 1.165) is 6.92 Å². The van der Waals surface area contributed by atoms with Crippen LogP contribution in [0.3, 0.4) is 0 Å². The summed E-state index contributed by atoms with van der Waals surface area (Å²) in [5.41, 5.74) is 0. The third-order valence-electron chi connectivity index (χ3n) is 6.39. The van der Waals surface area contributed by atoms with Crippen LogP contribution in [0.4, 0.5) is 0 Å². The van der Waals surface area contributed by atoms with E-state index in [1.54, 1.807) is 0 Å². The van der Waals surface area contributed by atoms with Crippen molar-refractivity contribution in [1.82, 2.24) is 0 Å². The van der Waals surface area contributed by atoms with Crippen molar-refractivity contribution in [2.75, 3.05) is 0 Å². The predicted molar refractivity (Wildman–Crippen MR) is 120 cm³/mol. The Bertz CT molecular complexity index is 1130. The molecule has 3 aliphatic rings. The van der Waals surface area contributed by atoms with Crippen LogP contribution in [0.2, 0.25) is 0 Å². The highest BCUT2D eigenvalue weighted by atomic mass is 32.3. The Balaban J connectivity index is 1.83. The molecule has 0 amide bonds. The van der Waals surface area contributed by atoms with Gasteiger partial charge in [0.1, 0.15) is 54.9 Å². The van der Waals surface area contributed by atoms with E-state index in [-0.39, 0.29) is 0 Å². The highest BCUT2D eigenvalue weighted by Crippen LogP contribution is 2.33. The number of aliphatic hydroxyl groups is 6. The van der Waals surface area contributed by atoms with Gasteiger partial charge in [-0.15, -0.1) is 0 Å². The molecule has 1 unspecified atom stereocenters. The summed E-state index contributed by atoms with van der Waals surface area (Å²) in [6.07, 6.45) is -30.0. The smallest absolute Gasteiger partial charge is 0.397 e. The van der Waals surface area contributed by atoms with Gasteiger partial charge in [-0.05, 0) is 13.8 Å². The molecule has 0 spiro atoms. The number of carboxylic acids is 1. The second kappa shape index (κ2) is 12.8. The summed E-state index contributed by atoms with van der Waals surface area (Å²) in [4.78, 5) is 12.0.